The molecule has 1 atom stereocenters. The first kappa shape index (κ1) is 19.7. The van der Waals surface area contributed by atoms with Crippen LogP contribution in [0.25, 0.3) is 5.57 Å². The zero-order valence-corrected chi connectivity index (χ0v) is 16.4. The molecule has 0 bridgehead atoms. The third-order valence-corrected chi connectivity index (χ3v) is 6.94. The van der Waals surface area contributed by atoms with Gasteiger partial charge in [-0.25, -0.2) is 4.79 Å². The highest BCUT2D eigenvalue weighted by atomic mass is 32.2. The van der Waals surface area contributed by atoms with Crippen LogP contribution >= 0.6 is 10.8 Å². The summed E-state index contributed by atoms with van der Waals surface area (Å²) < 4.78 is 44.1. The van der Waals surface area contributed by atoms with E-state index in [1.807, 2.05) is 66.7 Å². The minimum atomic E-state index is -5.02. The predicted octanol–water partition coefficient (Wildman–Crippen LogP) is 6.42. The zero-order valence-electron chi connectivity index (χ0n) is 15.5. The van der Waals surface area contributed by atoms with E-state index in [1.165, 1.54) is 0 Å². The molecular weight excluding hydrogens is 397 g/mol. The topological polar surface area (TPSA) is 26.3 Å². The number of carbonyl (C=O) groups is 1. The fourth-order valence-corrected chi connectivity index (χ4v) is 5.70. The van der Waals surface area contributed by atoms with Gasteiger partial charge in [-0.2, -0.15) is 13.2 Å². The zero-order chi connectivity index (χ0) is 20.4. The molecule has 2 aliphatic rings. The summed E-state index contributed by atoms with van der Waals surface area (Å²) in [6, 6.07) is 19.0. The van der Waals surface area contributed by atoms with E-state index in [9.17, 15) is 18.0 Å². The van der Waals surface area contributed by atoms with Gasteiger partial charge in [0.25, 0.3) is 0 Å². The fraction of sp³-hybridized carbons (Fsp3) is 0.217. The second-order valence-electron chi connectivity index (χ2n) is 6.90. The molecule has 0 fully saturated rings. The van der Waals surface area contributed by atoms with Crippen LogP contribution in [0.15, 0.2) is 77.2 Å². The van der Waals surface area contributed by atoms with Crippen molar-refractivity contribution in [3.05, 3.63) is 88.3 Å². The van der Waals surface area contributed by atoms with E-state index in [2.05, 4.69) is 0 Å². The maximum atomic E-state index is 13.0. The van der Waals surface area contributed by atoms with Crippen molar-refractivity contribution >= 4 is 27.2 Å². The van der Waals surface area contributed by atoms with Crippen molar-refractivity contribution in [1.29, 1.82) is 0 Å². The predicted molar refractivity (Wildman–Crippen MR) is 110 cm³/mol. The Balaban J connectivity index is 1.93. The Bertz CT molecular complexity index is 1020. The maximum absolute atomic E-state index is 13.0. The molecule has 1 aliphatic heterocycles. The second-order valence-corrected chi connectivity index (χ2v) is 8.54. The fourth-order valence-electron chi connectivity index (χ4n) is 3.66. The van der Waals surface area contributed by atoms with Crippen molar-refractivity contribution in [3.8, 4) is 0 Å². The minimum absolute atomic E-state index is 0.614. The number of alkyl halides is 3. The Hall–Kier alpha value is -2.60. The Kier molecular flexibility index (Phi) is 5.46. The molecule has 0 amide bonds. The summed E-state index contributed by atoms with van der Waals surface area (Å²) in [5.41, 5.74) is 3.79. The number of carbonyl (C=O) groups excluding carboxylic acids is 1. The van der Waals surface area contributed by atoms with Gasteiger partial charge in [-0.3, -0.25) is 0 Å². The molecule has 1 unspecified atom stereocenters. The van der Waals surface area contributed by atoms with E-state index >= 15 is 0 Å². The summed E-state index contributed by atoms with van der Waals surface area (Å²) >= 11 is 0. The monoisotopic (exact) mass is 416 g/mol. The van der Waals surface area contributed by atoms with Crippen LogP contribution < -0.4 is 0 Å². The third-order valence-electron chi connectivity index (χ3n) is 4.97. The molecule has 1 aliphatic carbocycles. The van der Waals surface area contributed by atoms with Gasteiger partial charge < -0.3 is 4.18 Å². The van der Waals surface area contributed by atoms with Gasteiger partial charge >= 0.3 is 12.1 Å². The first-order valence-corrected chi connectivity index (χ1v) is 10.6. The molecular formula is C23H19F3O2S. The lowest BCUT2D eigenvalue weighted by Crippen LogP contribution is -2.25. The third kappa shape index (κ3) is 4.08. The standard InChI is InChI=1S/C23H19F3O2S/c24-23(25,26)22(27)28-29-20-14-8-7-13-18(20)19(16-9-3-1-4-10-16)15-21(29)17-11-5-2-6-12-17/h1-6,9-12,15H,7-8,13-14H2. The molecule has 2 aromatic carbocycles. The quantitative estimate of drug-likeness (QED) is 0.540. The molecule has 4 rings (SSSR count). The van der Waals surface area contributed by atoms with E-state index in [0.717, 1.165) is 46.4 Å². The summed E-state index contributed by atoms with van der Waals surface area (Å²) in [5, 5.41) is 0. The lowest BCUT2D eigenvalue weighted by Gasteiger charge is -2.30. The highest BCUT2D eigenvalue weighted by Crippen LogP contribution is 2.49. The lowest BCUT2D eigenvalue weighted by molar-refractivity contribution is -0.188. The maximum Gasteiger partial charge on any atom is 0.492 e. The summed E-state index contributed by atoms with van der Waals surface area (Å²) in [6.45, 7) is 0. The average Bonchev–Trinajstić information content (AvgIpc) is 2.74. The second kappa shape index (κ2) is 8.03. The highest BCUT2D eigenvalue weighted by molar-refractivity contribution is 8.16. The van der Waals surface area contributed by atoms with Crippen LogP contribution in [0.4, 0.5) is 13.2 Å². The van der Waals surface area contributed by atoms with Crippen molar-refractivity contribution in [1.82, 2.24) is 0 Å². The van der Waals surface area contributed by atoms with E-state index < -0.39 is 22.9 Å². The van der Waals surface area contributed by atoms with Crippen LogP contribution in [0, 0.1) is 0 Å². The van der Waals surface area contributed by atoms with Crippen molar-refractivity contribution in [2.24, 2.45) is 0 Å². The first-order chi connectivity index (χ1) is 13.9. The van der Waals surface area contributed by atoms with Gasteiger partial charge in [-0.15, -0.1) is 0 Å². The van der Waals surface area contributed by atoms with Crippen molar-refractivity contribution in [2.75, 3.05) is 0 Å². The molecule has 2 aromatic rings. The number of allylic oxidation sites excluding steroid dienone is 4. The van der Waals surface area contributed by atoms with Gasteiger partial charge in [0.1, 0.15) is 0 Å². The van der Waals surface area contributed by atoms with Crippen LogP contribution in [0.2, 0.25) is 0 Å². The molecule has 0 N–H and O–H groups in total. The smallest absolute Gasteiger partial charge is 0.388 e. The van der Waals surface area contributed by atoms with Crippen LogP contribution in [-0.2, 0) is 8.98 Å². The largest absolute Gasteiger partial charge is 0.492 e. The van der Waals surface area contributed by atoms with Gasteiger partial charge in [-0.05, 0) is 54.0 Å². The van der Waals surface area contributed by atoms with Gasteiger partial charge in [0.05, 0.1) is 0 Å². The Morgan fingerprint density at radius 3 is 2.07 bits per heavy atom. The van der Waals surface area contributed by atoms with Crippen molar-refractivity contribution < 1.29 is 22.1 Å². The molecule has 150 valence electrons. The van der Waals surface area contributed by atoms with Gasteiger partial charge in [0.2, 0.25) is 0 Å². The minimum Gasteiger partial charge on any atom is -0.388 e. The molecule has 0 aromatic heterocycles. The molecule has 6 heteroatoms. The van der Waals surface area contributed by atoms with Crippen LogP contribution in [-0.4, -0.2) is 17.0 Å². The van der Waals surface area contributed by atoms with Gasteiger partial charge in [-0.1, -0.05) is 60.7 Å². The molecule has 0 saturated carbocycles. The normalized spacial score (nSPS) is 19.5. The molecule has 2 nitrogen and oxygen atoms in total. The lowest BCUT2D eigenvalue weighted by atomic mass is 9.88. The summed E-state index contributed by atoms with van der Waals surface area (Å²) in [5.74, 6) is -2.14. The number of rotatable bonds is 3. The molecule has 1 heterocycles. The average molecular weight is 416 g/mol. The van der Waals surface area contributed by atoms with Crippen LogP contribution in [0.5, 0.6) is 0 Å². The molecule has 29 heavy (non-hydrogen) atoms. The molecule has 0 saturated heterocycles. The summed E-state index contributed by atoms with van der Waals surface area (Å²) in [4.78, 5) is 13.2. The summed E-state index contributed by atoms with van der Waals surface area (Å²) in [7, 11) is -1.37. The van der Waals surface area contributed by atoms with Crippen molar-refractivity contribution in [2.45, 2.75) is 31.9 Å². The van der Waals surface area contributed by atoms with Crippen molar-refractivity contribution in [3.63, 3.8) is 0 Å². The summed E-state index contributed by atoms with van der Waals surface area (Å²) in [6.07, 6.45) is 0.120. The van der Waals surface area contributed by atoms with Gasteiger partial charge in [0, 0.05) is 20.5 Å². The van der Waals surface area contributed by atoms with E-state index in [4.69, 9.17) is 4.18 Å². The number of benzene rings is 2. The van der Waals surface area contributed by atoms with Gasteiger partial charge in [0.15, 0.2) is 0 Å². The first-order valence-electron chi connectivity index (χ1n) is 9.41. The Morgan fingerprint density at radius 2 is 1.45 bits per heavy atom. The van der Waals surface area contributed by atoms with E-state index in [-0.39, 0.29) is 0 Å². The van der Waals surface area contributed by atoms with E-state index in [1.54, 1.807) is 0 Å². The van der Waals surface area contributed by atoms with Crippen LogP contribution in [0.3, 0.4) is 0 Å². The molecule has 0 spiro atoms. The Morgan fingerprint density at radius 1 is 0.862 bits per heavy atom. The molecule has 0 radical (unpaired) electrons. The highest BCUT2D eigenvalue weighted by Gasteiger charge is 2.43. The number of hydrogen-bond donors (Lipinski definition) is 0. The SMILES string of the molecule is O=C(OS1=C(c2ccccc2)C=C(c2ccccc2)C2=C1CCCC2)C(F)(F)F. The van der Waals surface area contributed by atoms with E-state index in [0.29, 0.717) is 11.3 Å². The Labute approximate surface area is 169 Å². The number of halogens is 3. The van der Waals surface area contributed by atoms with Crippen LogP contribution in [0.1, 0.15) is 36.8 Å². The number of hydrogen-bond acceptors (Lipinski definition) is 2.